The molecule has 3 heterocycles. The summed E-state index contributed by atoms with van der Waals surface area (Å²) >= 11 is 0. The van der Waals surface area contributed by atoms with Crippen LogP contribution in [0.5, 0.6) is 0 Å². The second-order valence-electron chi connectivity index (χ2n) is 6.18. The Balaban J connectivity index is 1.71. The van der Waals surface area contributed by atoms with Gasteiger partial charge in [-0.1, -0.05) is 12.1 Å². The topological polar surface area (TPSA) is 88.3 Å². The second-order valence-corrected chi connectivity index (χ2v) is 6.18. The number of aryl methyl sites for hydroxylation is 1. The molecule has 1 aliphatic heterocycles. The summed E-state index contributed by atoms with van der Waals surface area (Å²) < 4.78 is 4.91. The van der Waals surface area contributed by atoms with E-state index < -0.39 is 5.91 Å². The van der Waals surface area contributed by atoms with Gasteiger partial charge < -0.3 is 14.7 Å². The van der Waals surface area contributed by atoms with Crippen LogP contribution in [0, 0.1) is 12.8 Å². The monoisotopic (exact) mass is 328 g/mol. The fraction of sp³-hybridized carbons (Fsp3) is 0.412. The third-order valence-corrected chi connectivity index (χ3v) is 4.18. The van der Waals surface area contributed by atoms with Gasteiger partial charge in [0.15, 0.2) is 5.82 Å². The summed E-state index contributed by atoms with van der Waals surface area (Å²) in [4.78, 5) is 30.7. The van der Waals surface area contributed by atoms with Crippen LogP contribution in [0.1, 0.15) is 46.4 Å². The molecule has 0 aromatic carbocycles. The standard InChI is InChI=1S/C17H20N4O3/c1-11-4-7-21(8-5-11)17(23)13-3-6-18-14(10-13)16(22)19-15-9-12(2)24-20-15/h3,6,9-11H,4-5,7-8H2,1-2H3,(H,19,20,22). The zero-order chi connectivity index (χ0) is 17.1. The van der Waals surface area contributed by atoms with Crippen molar-refractivity contribution in [2.75, 3.05) is 18.4 Å². The molecule has 7 nitrogen and oxygen atoms in total. The van der Waals surface area contributed by atoms with Gasteiger partial charge in [-0.25, -0.2) is 0 Å². The number of hydrogen-bond acceptors (Lipinski definition) is 5. The number of nitrogens with zero attached hydrogens (tertiary/aromatic N) is 3. The minimum absolute atomic E-state index is 0.0596. The minimum Gasteiger partial charge on any atom is -0.360 e. The predicted octanol–water partition coefficient (Wildman–Crippen LogP) is 2.50. The van der Waals surface area contributed by atoms with Gasteiger partial charge in [0.1, 0.15) is 11.5 Å². The van der Waals surface area contributed by atoms with E-state index in [0.717, 1.165) is 25.9 Å². The fourth-order valence-corrected chi connectivity index (χ4v) is 2.69. The maximum Gasteiger partial charge on any atom is 0.275 e. The van der Waals surface area contributed by atoms with E-state index >= 15 is 0 Å². The first-order valence-electron chi connectivity index (χ1n) is 8.03. The molecule has 7 heteroatoms. The van der Waals surface area contributed by atoms with Crippen molar-refractivity contribution in [3.8, 4) is 0 Å². The molecule has 0 spiro atoms. The highest BCUT2D eigenvalue weighted by atomic mass is 16.5. The summed E-state index contributed by atoms with van der Waals surface area (Å²) in [5.74, 6) is 1.09. The summed E-state index contributed by atoms with van der Waals surface area (Å²) in [6, 6.07) is 4.77. The third kappa shape index (κ3) is 3.61. The molecule has 126 valence electrons. The molecule has 2 aromatic heterocycles. The first-order valence-corrected chi connectivity index (χ1v) is 8.03. The molecule has 0 bridgehead atoms. The van der Waals surface area contributed by atoms with E-state index in [1.807, 2.05) is 4.90 Å². The zero-order valence-corrected chi connectivity index (χ0v) is 13.8. The summed E-state index contributed by atoms with van der Waals surface area (Å²) in [6.07, 6.45) is 3.49. The Morgan fingerprint density at radius 1 is 1.29 bits per heavy atom. The summed E-state index contributed by atoms with van der Waals surface area (Å²) in [5, 5.41) is 6.31. The average Bonchev–Trinajstić information content (AvgIpc) is 3.00. The van der Waals surface area contributed by atoms with Gasteiger partial charge in [-0.05, 0) is 37.8 Å². The molecule has 0 aliphatic carbocycles. The van der Waals surface area contributed by atoms with E-state index in [1.165, 1.54) is 12.3 Å². The fourth-order valence-electron chi connectivity index (χ4n) is 2.69. The van der Waals surface area contributed by atoms with E-state index in [9.17, 15) is 9.59 Å². The lowest BCUT2D eigenvalue weighted by Crippen LogP contribution is -2.38. The highest BCUT2D eigenvalue weighted by Gasteiger charge is 2.22. The number of aromatic nitrogens is 2. The minimum atomic E-state index is -0.426. The number of carbonyl (C=O) groups is 2. The highest BCUT2D eigenvalue weighted by Crippen LogP contribution is 2.18. The Morgan fingerprint density at radius 2 is 2.04 bits per heavy atom. The molecular formula is C17H20N4O3. The van der Waals surface area contributed by atoms with Gasteiger partial charge in [0.2, 0.25) is 0 Å². The van der Waals surface area contributed by atoms with Crippen LogP contribution in [0.3, 0.4) is 0 Å². The summed E-state index contributed by atoms with van der Waals surface area (Å²) in [7, 11) is 0. The molecule has 0 radical (unpaired) electrons. The van der Waals surface area contributed by atoms with Crippen molar-refractivity contribution < 1.29 is 14.1 Å². The van der Waals surface area contributed by atoms with Gasteiger partial charge in [0.25, 0.3) is 11.8 Å². The first-order chi connectivity index (χ1) is 11.5. The number of carbonyl (C=O) groups excluding carboxylic acids is 2. The number of amides is 2. The maximum absolute atomic E-state index is 12.6. The number of hydrogen-bond donors (Lipinski definition) is 1. The van der Waals surface area contributed by atoms with Crippen molar-refractivity contribution in [1.29, 1.82) is 0 Å². The number of nitrogens with one attached hydrogen (secondary N) is 1. The largest absolute Gasteiger partial charge is 0.360 e. The van der Waals surface area contributed by atoms with Crippen LogP contribution >= 0.6 is 0 Å². The van der Waals surface area contributed by atoms with E-state index in [4.69, 9.17) is 4.52 Å². The normalized spacial score (nSPS) is 15.3. The van der Waals surface area contributed by atoms with Crippen LogP contribution in [0.25, 0.3) is 0 Å². The van der Waals surface area contributed by atoms with Crippen LogP contribution < -0.4 is 5.32 Å². The molecule has 0 atom stereocenters. The smallest absolute Gasteiger partial charge is 0.275 e. The Labute approximate surface area is 140 Å². The number of pyridine rings is 1. The molecule has 2 amide bonds. The molecule has 1 fully saturated rings. The van der Waals surface area contributed by atoms with Crippen LogP contribution in [0.2, 0.25) is 0 Å². The Bertz CT molecular complexity index is 748. The lowest BCUT2D eigenvalue weighted by Gasteiger charge is -2.30. The van der Waals surface area contributed by atoms with Crippen LogP contribution in [-0.2, 0) is 0 Å². The lowest BCUT2D eigenvalue weighted by atomic mass is 9.98. The molecule has 3 rings (SSSR count). The number of likely N-dealkylation sites (tertiary alicyclic amines) is 1. The predicted molar refractivity (Wildman–Crippen MR) is 87.7 cm³/mol. The maximum atomic E-state index is 12.6. The molecule has 2 aromatic rings. The van der Waals surface area contributed by atoms with E-state index in [-0.39, 0.29) is 11.6 Å². The Hall–Kier alpha value is -2.70. The van der Waals surface area contributed by atoms with Crippen LogP contribution in [0.4, 0.5) is 5.82 Å². The van der Waals surface area contributed by atoms with E-state index in [1.54, 1.807) is 19.1 Å². The van der Waals surface area contributed by atoms with Gasteiger partial charge in [0, 0.05) is 30.9 Å². The molecule has 1 saturated heterocycles. The van der Waals surface area contributed by atoms with Crippen LogP contribution in [-0.4, -0.2) is 39.9 Å². The number of rotatable bonds is 3. The van der Waals surface area contributed by atoms with Crippen molar-refractivity contribution in [1.82, 2.24) is 15.0 Å². The molecule has 1 aliphatic rings. The van der Waals surface area contributed by atoms with Crippen molar-refractivity contribution in [2.45, 2.75) is 26.7 Å². The molecular weight excluding hydrogens is 308 g/mol. The van der Waals surface area contributed by atoms with Crippen molar-refractivity contribution in [3.05, 3.63) is 41.4 Å². The third-order valence-electron chi connectivity index (χ3n) is 4.18. The van der Waals surface area contributed by atoms with Gasteiger partial charge >= 0.3 is 0 Å². The highest BCUT2D eigenvalue weighted by molar-refractivity contribution is 6.04. The number of piperidine rings is 1. The molecule has 0 unspecified atom stereocenters. The Kier molecular flexibility index (Phi) is 4.59. The van der Waals surface area contributed by atoms with Gasteiger partial charge in [-0.2, -0.15) is 0 Å². The van der Waals surface area contributed by atoms with Crippen molar-refractivity contribution in [2.24, 2.45) is 5.92 Å². The zero-order valence-electron chi connectivity index (χ0n) is 13.8. The van der Waals surface area contributed by atoms with Crippen LogP contribution in [0.15, 0.2) is 28.9 Å². The van der Waals surface area contributed by atoms with Crippen molar-refractivity contribution >= 4 is 17.6 Å². The lowest BCUT2D eigenvalue weighted by molar-refractivity contribution is 0.0697. The molecule has 24 heavy (non-hydrogen) atoms. The van der Waals surface area contributed by atoms with Gasteiger partial charge in [-0.15, -0.1) is 0 Å². The van der Waals surface area contributed by atoms with Crippen molar-refractivity contribution in [3.63, 3.8) is 0 Å². The first kappa shape index (κ1) is 16.2. The number of anilines is 1. The summed E-state index contributed by atoms with van der Waals surface area (Å²) in [5.41, 5.74) is 0.646. The molecule has 0 saturated carbocycles. The van der Waals surface area contributed by atoms with Gasteiger partial charge in [-0.3, -0.25) is 14.6 Å². The van der Waals surface area contributed by atoms with E-state index in [0.29, 0.717) is 23.1 Å². The average molecular weight is 328 g/mol. The molecule has 1 N–H and O–H groups in total. The second kappa shape index (κ2) is 6.82. The quantitative estimate of drug-likeness (QED) is 0.935. The van der Waals surface area contributed by atoms with Gasteiger partial charge in [0.05, 0.1) is 0 Å². The summed E-state index contributed by atoms with van der Waals surface area (Å²) in [6.45, 7) is 5.44. The van der Waals surface area contributed by atoms with E-state index in [2.05, 4.69) is 22.4 Å². The Morgan fingerprint density at radius 3 is 2.71 bits per heavy atom. The SMILES string of the molecule is Cc1cc(NC(=O)c2cc(C(=O)N3CCC(C)CC3)ccn2)no1.